The van der Waals surface area contributed by atoms with Gasteiger partial charge in [-0.1, -0.05) is 60.1 Å². The van der Waals surface area contributed by atoms with Gasteiger partial charge in [-0.3, -0.25) is 4.79 Å². The molecule has 29 heavy (non-hydrogen) atoms. The van der Waals surface area contributed by atoms with E-state index in [0.717, 1.165) is 41.5 Å². The molecule has 1 heterocycles. The van der Waals surface area contributed by atoms with E-state index < -0.39 is 0 Å². The van der Waals surface area contributed by atoms with Gasteiger partial charge in [0, 0.05) is 42.2 Å². The van der Waals surface area contributed by atoms with Crippen molar-refractivity contribution in [2.45, 2.75) is 12.3 Å². The molecule has 3 unspecified atom stereocenters. The summed E-state index contributed by atoms with van der Waals surface area (Å²) in [5.41, 5.74) is 2.18. The highest BCUT2D eigenvalue weighted by molar-refractivity contribution is 6.35. The molecule has 148 valence electrons. The summed E-state index contributed by atoms with van der Waals surface area (Å²) in [6, 6.07) is 22.2. The summed E-state index contributed by atoms with van der Waals surface area (Å²) in [6.45, 7) is 3.88. The minimum absolute atomic E-state index is 0.0123. The molecule has 3 aromatic carbocycles. The lowest BCUT2D eigenvalue weighted by molar-refractivity contribution is 0.0949. The summed E-state index contributed by atoms with van der Waals surface area (Å²) < 4.78 is 0. The van der Waals surface area contributed by atoms with E-state index in [1.165, 1.54) is 17.4 Å². The van der Waals surface area contributed by atoms with Gasteiger partial charge in [0.05, 0.1) is 0 Å². The molecule has 5 rings (SSSR count). The van der Waals surface area contributed by atoms with E-state index in [4.69, 9.17) is 11.6 Å². The van der Waals surface area contributed by atoms with Crippen LogP contribution in [0.2, 0.25) is 5.02 Å². The van der Waals surface area contributed by atoms with Crippen molar-refractivity contribution in [1.29, 1.82) is 0 Å². The van der Waals surface area contributed by atoms with Crippen LogP contribution >= 0.6 is 11.6 Å². The fourth-order valence-electron chi connectivity index (χ4n) is 5.18. The molecule has 2 aliphatic rings. The molecule has 1 N–H and O–H groups in total. The molecular formula is C25H25ClN2O. The van der Waals surface area contributed by atoms with Crippen LogP contribution in [0.5, 0.6) is 0 Å². The Labute approximate surface area is 176 Å². The van der Waals surface area contributed by atoms with Crippen LogP contribution in [0, 0.1) is 11.8 Å². The summed E-state index contributed by atoms with van der Waals surface area (Å²) in [5.74, 6) is 2.12. The van der Waals surface area contributed by atoms with E-state index in [1.807, 2.05) is 36.4 Å². The standard InChI is InChI=1S/C25H25ClN2O/c26-24-11-5-9-19-20(8-4-10-21(19)24)22-14-18-15-28(16-23(18)22)13-12-27-25(29)17-6-2-1-3-7-17/h1-11,18,22-23H,12-16H2,(H,27,29). The number of fused-ring (bicyclic) bond motifs is 2. The molecule has 3 atom stereocenters. The van der Waals surface area contributed by atoms with E-state index >= 15 is 0 Å². The number of amides is 1. The Kier molecular flexibility index (Phi) is 5.03. The molecule has 3 aromatic rings. The van der Waals surface area contributed by atoms with E-state index in [2.05, 4.69) is 40.5 Å². The molecule has 1 saturated carbocycles. The number of hydrogen-bond donors (Lipinski definition) is 1. The summed E-state index contributed by atoms with van der Waals surface area (Å²) >= 11 is 6.41. The number of carbonyl (C=O) groups is 1. The Morgan fingerprint density at radius 1 is 0.966 bits per heavy atom. The quantitative estimate of drug-likeness (QED) is 0.651. The van der Waals surface area contributed by atoms with E-state index in [-0.39, 0.29) is 5.91 Å². The lowest BCUT2D eigenvalue weighted by atomic mass is 9.63. The SMILES string of the molecule is O=C(NCCN1CC2CC(c3cccc4c(Cl)cccc34)C2C1)c1ccccc1. The average Bonchev–Trinajstić information content (AvgIpc) is 3.05. The molecule has 0 radical (unpaired) electrons. The van der Waals surface area contributed by atoms with Crippen LogP contribution in [0.3, 0.4) is 0 Å². The van der Waals surface area contributed by atoms with Crippen molar-refractivity contribution >= 4 is 28.3 Å². The Morgan fingerprint density at radius 3 is 2.62 bits per heavy atom. The number of carbonyl (C=O) groups excluding carboxylic acids is 1. The topological polar surface area (TPSA) is 32.3 Å². The highest BCUT2D eigenvalue weighted by Gasteiger charge is 2.47. The summed E-state index contributed by atoms with van der Waals surface area (Å²) in [5, 5.41) is 6.35. The van der Waals surface area contributed by atoms with E-state index in [1.54, 1.807) is 0 Å². The van der Waals surface area contributed by atoms with Gasteiger partial charge in [0.25, 0.3) is 5.91 Å². The number of rotatable bonds is 5. The zero-order valence-electron chi connectivity index (χ0n) is 16.4. The number of halogens is 1. The largest absolute Gasteiger partial charge is 0.351 e. The summed E-state index contributed by atoms with van der Waals surface area (Å²) in [4.78, 5) is 14.7. The van der Waals surface area contributed by atoms with Crippen LogP contribution in [0.25, 0.3) is 10.8 Å². The molecule has 1 amide bonds. The van der Waals surface area contributed by atoms with E-state index in [9.17, 15) is 4.79 Å². The monoisotopic (exact) mass is 404 g/mol. The first-order valence-corrected chi connectivity index (χ1v) is 10.8. The number of benzene rings is 3. The molecule has 3 nitrogen and oxygen atoms in total. The third kappa shape index (κ3) is 3.54. The van der Waals surface area contributed by atoms with Crippen LogP contribution in [-0.4, -0.2) is 37.0 Å². The normalized spacial score (nSPS) is 23.6. The van der Waals surface area contributed by atoms with Gasteiger partial charge >= 0.3 is 0 Å². The molecular weight excluding hydrogens is 380 g/mol. The maximum Gasteiger partial charge on any atom is 0.251 e. The molecule has 2 fully saturated rings. The van der Waals surface area contributed by atoms with Gasteiger partial charge in [0.2, 0.25) is 0 Å². The molecule has 1 saturated heterocycles. The highest BCUT2D eigenvalue weighted by atomic mass is 35.5. The fourth-order valence-corrected chi connectivity index (χ4v) is 5.42. The van der Waals surface area contributed by atoms with Gasteiger partial charge < -0.3 is 10.2 Å². The lowest BCUT2D eigenvalue weighted by Gasteiger charge is -2.40. The maximum absolute atomic E-state index is 12.2. The zero-order valence-corrected chi connectivity index (χ0v) is 17.1. The van der Waals surface area contributed by atoms with Gasteiger partial charge in [0.15, 0.2) is 0 Å². The number of hydrogen-bond acceptors (Lipinski definition) is 2. The minimum Gasteiger partial charge on any atom is -0.351 e. The second-order valence-corrected chi connectivity index (χ2v) is 8.74. The number of nitrogens with zero attached hydrogens (tertiary/aromatic N) is 1. The van der Waals surface area contributed by atoms with Gasteiger partial charge in [-0.05, 0) is 53.3 Å². The first-order valence-electron chi connectivity index (χ1n) is 10.4. The summed E-state index contributed by atoms with van der Waals surface area (Å²) in [7, 11) is 0. The Balaban J connectivity index is 1.20. The first-order chi connectivity index (χ1) is 14.2. The predicted octanol–water partition coefficient (Wildman–Crippen LogP) is 4.96. The lowest BCUT2D eigenvalue weighted by Crippen LogP contribution is -2.34. The van der Waals surface area contributed by atoms with Crippen molar-refractivity contribution in [3.63, 3.8) is 0 Å². The fraction of sp³-hybridized carbons (Fsp3) is 0.320. The van der Waals surface area contributed by atoms with Crippen molar-refractivity contribution < 1.29 is 4.79 Å². The molecule has 0 bridgehead atoms. The second kappa shape index (κ2) is 7.81. The molecule has 1 aliphatic carbocycles. The van der Waals surface area contributed by atoms with Crippen LogP contribution < -0.4 is 5.32 Å². The Morgan fingerprint density at radius 2 is 1.76 bits per heavy atom. The third-order valence-corrected chi connectivity index (χ3v) is 7.02. The number of likely N-dealkylation sites (tertiary alicyclic amines) is 1. The number of nitrogens with one attached hydrogen (secondary N) is 1. The van der Waals surface area contributed by atoms with Gasteiger partial charge in [-0.25, -0.2) is 0 Å². The Bertz CT molecular complexity index is 1040. The third-order valence-electron chi connectivity index (χ3n) is 6.69. The van der Waals surface area contributed by atoms with Crippen molar-refractivity contribution in [3.8, 4) is 0 Å². The van der Waals surface area contributed by atoms with Crippen LogP contribution in [0.1, 0.15) is 28.3 Å². The van der Waals surface area contributed by atoms with Crippen LogP contribution in [0.4, 0.5) is 0 Å². The van der Waals surface area contributed by atoms with Gasteiger partial charge in [-0.2, -0.15) is 0 Å². The van der Waals surface area contributed by atoms with Crippen molar-refractivity contribution in [2.24, 2.45) is 11.8 Å². The van der Waals surface area contributed by atoms with E-state index in [0.29, 0.717) is 18.4 Å². The molecule has 1 aliphatic heterocycles. The average molecular weight is 405 g/mol. The molecule has 4 heteroatoms. The van der Waals surface area contributed by atoms with Crippen molar-refractivity contribution in [1.82, 2.24) is 10.2 Å². The smallest absolute Gasteiger partial charge is 0.251 e. The van der Waals surface area contributed by atoms with Crippen molar-refractivity contribution in [3.05, 3.63) is 82.9 Å². The molecule has 0 aromatic heterocycles. The Hall–Kier alpha value is -2.36. The van der Waals surface area contributed by atoms with Crippen molar-refractivity contribution in [2.75, 3.05) is 26.2 Å². The van der Waals surface area contributed by atoms with Gasteiger partial charge in [0.1, 0.15) is 0 Å². The first kappa shape index (κ1) is 18.7. The highest BCUT2D eigenvalue weighted by Crippen LogP contribution is 2.52. The summed E-state index contributed by atoms with van der Waals surface area (Å²) in [6.07, 6.45) is 1.25. The minimum atomic E-state index is 0.0123. The predicted molar refractivity (Wildman–Crippen MR) is 119 cm³/mol. The zero-order chi connectivity index (χ0) is 19.8. The second-order valence-electron chi connectivity index (χ2n) is 8.33. The maximum atomic E-state index is 12.2. The molecule has 0 spiro atoms. The van der Waals surface area contributed by atoms with Gasteiger partial charge in [-0.15, -0.1) is 0 Å². The van der Waals surface area contributed by atoms with Crippen LogP contribution in [0.15, 0.2) is 66.7 Å². The van der Waals surface area contributed by atoms with Crippen LogP contribution in [-0.2, 0) is 0 Å².